The maximum Gasteiger partial charge on any atom is 0.293 e. The van der Waals surface area contributed by atoms with E-state index in [0.29, 0.717) is 16.1 Å². The van der Waals surface area contributed by atoms with Crippen molar-refractivity contribution in [1.82, 2.24) is 10.2 Å². The number of amides is 1. The monoisotopic (exact) mass is 315 g/mol. The molecular weight excluding hydrogens is 302 g/mol. The number of benzene rings is 1. The Kier molecular flexibility index (Phi) is 3.50. The Labute approximate surface area is 129 Å². The first-order chi connectivity index (χ1) is 10.4. The molecule has 0 saturated heterocycles. The molecule has 1 N–H and O–H groups in total. The van der Waals surface area contributed by atoms with Gasteiger partial charge in [-0.05, 0) is 44.0 Å². The molecule has 0 fully saturated rings. The van der Waals surface area contributed by atoms with E-state index in [4.69, 9.17) is 4.42 Å². The summed E-state index contributed by atoms with van der Waals surface area (Å²) in [6.45, 7) is 5.63. The molecule has 1 amide bonds. The molecule has 0 radical (unpaired) electrons. The van der Waals surface area contributed by atoms with Crippen LogP contribution in [-0.4, -0.2) is 16.1 Å². The zero-order valence-electron chi connectivity index (χ0n) is 12.3. The third-order valence-corrected chi connectivity index (χ3v) is 4.07. The van der Waals surface area contributed by atoms with Crippen LogP contribution in [0.2, 0.25) is 0 Å². The van der Waals surface area contributed by atoms with Gasteiger partial charge in [0.2, 0.25) is 5.13 Å². The van der Waals surface area contributed by atoms with E-state index in [1.165, 1.54) is 17.4 Å². The number of aryl methyl sites for hydroxylation is 3. The fourth-order valence-electron chi connectivity index (χ4n) is 2.03. The van der Waals surface area contributed by atoms with Crippen LogP contribution in [0.1, 0.15) is 26.7 Å². The number of hydrogen-bond acceptors (Lipinski definition) is 6. The summed E-state index contributed by atoms with van der Waals surface area (Å²) < 4.78 is 5.56. The number of hydrogen-bond donors (Lipinski definition) is 1. The zero-order chi connectivity index (χ0) is 15.9. The minimum Gasteiger partial charge on any atom is -0.451 e. The van der Waals surface area contributed by atoms with Gasteiger partial charge in [-0.2, -0.15) is 0 Å². The number of carbonyl (C=O) groups is 1. The Morgan fingerprint density at radius 2 is 1.86 bits per heavy atom. The molecule has 3 rings (SSSR count). The van der Waals surface area contributed by atoms with Gasteiger partial charge in [0.25, 0.3) is 5.91 Å². The molecule has 0 spiro atoms. The molecule has 112 valence electrons. The van der Waals surface area contributed by atoms with Crippen molar-refractivity contribution in [3.8, 4) is 0 Å². The normalized spacial score (nSPS) is 10.9. The van der Waals surface area contributed by atoms with Crippen molar-refractivity contribution in [2.75, 3.05) is 5.32 Å². The van der Waals surface area contributed by atoms with Gasteiger partial charge in [-0.25, -0.2) is 0 Å². The number of nitrogens with zero attached hydrogens (tertiary/aromatic N) is 2. The van der Waals surface area contributed by atoms with Crippen molar-refractivity contribution in [2.24, 2.45) is 0 Å². The summed E-state index contributed by atoms with van der Waals surface area (Å²) in [6.07, 6.45) is 0. The minimum atomic E-state index is -0.520. The van der Waals surface area contributed by atoms with Crippen LogP contribution in [0.4, 0.5) is 5.13 Å². The van der Waals surface area contributed by atoms with Crippen molar-refractivity contribution in [3.63, 3.8) is 0 Å². The first-order valence-electron chi connectivity index (χ1n) is 6.60. The van der Waals surface area contributed by atoms with Gasteiger partial charge in [0.05, 0.1) is 5.39 Å². The lowest BCUT2D eigenvalue weighted by molar-refractivity contribution is 0.0997. The van der Waals surface area contributed by atoms with Gasteiger partial charge < -0.3 is 4.42 Å². The standard InChI is InChI=1S/C15H13N3O3S/c1-7-4-10-11(19)6-13(21-12(10)5-8(7)2)14(20)16-15-18-17-9(3)22-15/h4-6H,1-3H3,(H,16,18,20). The van der Waals surface area contributed by atoms with Crippen LogP contribution in [0.3, 0.4) is 0 Å². The summed E-state index contributed by atoms with van der Waals surface area (Å²) in [5.74, 6) is -0.568. The number of rotatable bonds is 2. The maximum absolute atomic E-state index is 12.2. The molecule has 0 aliphatic rings. The Morgan fingerprint density at radius 3 is 2.55 bits per heavy atom. The first kappa shape index (κ1) is 14.4. The predicted octanol–water partition coefficient (Wildman–Crippen LogP) is 2.82. The second kappa shape index (κ2) is 5.34. The van der Waals surface area contributed by atoms with Crippen molar-refractivity contribution in [2.45, 2.75) is 20.8 Å². The quantitative estimate of drug-likeness (QED) is 0.786. The van der Waals surface area contributed by atoms with Gasteiger partial charge in [0.15, 0.2) is 11.2 Å². The van der Waals surface area contributed by atoms with E-state index in [1.54, 1.807) is 19.1 Å². The molecule has 2 heterocycles. The number of anilines is 1. The number of aromatic nitrogens is 2. The van der Waals surface area contributed by atoms with Crippen LogP contribution in [0.15, 0.2) is 27.4 Å². The molecule has 1 aromatic carbocycles. The fourth-order valence-corrected chi connectivity index (χ4v) is 2.62. The summed E-state index contributed by atoms with van der Waals surface area (Å²) in [5, 5.41) is 11.8. The van der Waals surface area contributed by atoms with Crippen molar-refractivity contribution in [1.29, 1.82) is 0 Å². The molecule has 0 atom stereocenters. The van der Waals surface area contributed by atoms with E-state index in [-0.39, 0.29) is 11.2 Å². The van der Waals surface area contributed by atoms with Crippen molar-refractivity contribution >= 4 is 33.3 Å². The molecular formula is C15H13N3O3S. The van der Waals surface area contributed by atoms with Crippen LogP contribution in [0.5, 0.6) is 0 Å². The highest BCUT2D eigenvalue weighted by Gasteiger charge is 2.15. The Balaban J connectivity index is 2.02. The minimum absolute atomic E-state index is 0.0476. The number of fused-ring (bicyclic) bond motifs is 1. The molecule has 0 aliphatic carbocycles. The number of nitrogens with one attached hydrogen (secondary N) is 1. The van der Waals surface area contributed by atoms with Crippen molar-refractivity contribution in [3.05, 3.63) is 50.3 Å². The molecule has 0 aliphatic heterocycles. The van der Waals surface area contributed by atoms with E-state index in [2.05, 4.69) is 15.5 Å². The lowest BCUT2D eigenvalue weighted by Gasteiger charge is -2.05. The fraction of sp³-hybridized carbons (Fsp3) is 0.200. The largest absolute Gasteiger partial charge is 0.451 e. The SMILES string of the molecule is Cc1nnc(NC(=O)c2cc(=O)c3cc(C)c(C)cc3o2)s1. The lowest BCUT2D eigenvalue weighted by Crippen LogP contribution is -2.15. The van der Waals surface area contributed by atoms with Crippen LogP contribution >= 0.6 is 11.3 Å². The molecule has 6 nitrogen and oxygen atoms in total. The molecule has 22 heavy (non-hydrogen) atoms. The topological polar surface area (TPSA) is 85.1 Å². The number of carbonyl (C=O) groups excluding carboxylic acids is 1. The van der Waals surface area contributed by atoms with E-state index in [0.717, 1.165) is 16.1 Å². The smallest absolute Gasteiger partial charge is 0.293 e. The van der Waals surface area contributed by atoms with E-state index < -0.39 is 5.91 Å². The van der Waals surface area contributed by atoms with Gasteiger partial charge in [0, 0.05) is 6.07 Å². The highest BCUT2D eigenvalue weighted by Crippen LogP contribution is 2.19. The Morgan fingerprint density at radius 1 is 1.14 bits per heavy atom. The summed E-state index contributed by atoms with van der Waals surface area (Å²) in [6, 6.07) is 4.73. The average Bonchev–Trinajstić information content (AvgIpc) is 2.86. The van der Waals surface area contributed by atoms with E-state index in [1.807, 2.05) is 13.8 Å². The molecule has 0 saturated carbocycles. The van der Waals surface area contributed by atoms with Crippen molar-refractivity contribution < 1.29 is 9.21 Å². The van der Waals surface area contributed by atoms with Gasteiger partial charge in [-0.1, -0.05) is 11.3 Å². The van der Waals surface area contributed by atoms with E-state index in [9.17, 15) is 9.59 Å². The summed E-state index contributed by atoms with van der Waals surface area (Å²) in [5.41, 5.74) is 2.14. The van der Waals surface area contributed by atoms with Gasteiger partial charge in [0.1, 0.15) is 10.6 Å². The highest BCUT2D eigenvalue weighted by molar-refractivity contribution is 7.15. The average molecular weight is 315 g/mol. The van der Waals surface area contributed by atoms with Crippen LogP contribution < -0.4 is 10.7 Å². The third-order valence-electron chi connectivity index (χ3n) is 3.31. The second-order valence-corrected chi connectivity index (χ2v) is 6.17. The Hall–Kier alpha value is -2.54. The van der Waals surface area contributed by atoms with Gasteiger partial charge in [-0.3, -0.25) is 14.9 Å². The molecule has 0 unspecified atom stereocenters. The van der Waals surface area contributed by atoms with Crippen LogP contribution in [0, 0.1) is 20.8 Å². The molecule has 0 bridgehead atoms. The summed E-state index contributed by atoms with van der Waals surface area (Å²) in [4.78, 5) is 24.3. The lowest BCUT2D eigenvalue weighted by atomic mass is 10.1. The first-order valence-corrected chi connectivity index (χ1v) is 7.42. The van der Waals surface area contributed by atoms with E-state index >= 15 is 0 Å². The molecule has 7 heteroatoms. The third kappa shape index (κ3) is 2.62. The summed E-state index contributed by atoms with van der Waals surface area (Å²) >= 11 is 1.25. The second-order valence-electron chi connectivity index (χ2n) is 4.99. The van der Waals surface area contributed by atoms with Crippen LogP contribution in [-0.2, 0) is 0 Å². The Bertz CT molecular complexity index is 943. The maximum atomic E-state index is 12.2. The van der Waals surface area contributed by atoms with Gasteiger partial charge >= 0.3 is 0 Å². The zero-order valence-corrected chi connectivity index (χ0v) is 13.1. The van der Waals surface area contributed by atoms with Crippen LogP contribution in [0.25, 0.3) is 11.0 Å². The summed E-state index contributed by atoms with van der Waals surface area (Å²) in [7, 11) is 0. The highest BCUT2D eigenvalue weighted by atomic mass is 32.1. The molecule has 3 aromatic rings. The van der Waals surface area contributed by atoms with Gasteiger partial charge in [-0.15, -0.1) is 10.2 Å². The molecule has 2 aromatic heterocycles. The predicted molar refractivity (Wildman–Crippen MR) is 84.6 cm³/mol.